The molecule has 1 unspecified atom stereocenters. The molecular formula is C9H19NO4. The van der Waals surface area contributed by atoms with Gasteiger partial charge in [0.25, 0.3) is 0 Å². The van der Waals surface area contributed by atoms with Gasteiger partial charge in [-0.2, -0.15) is 0 Å². The second kappa shape index (κ2) is 7.73. The minimum atomic E-state index is -0.565. The summed E-state index contributed by atoms with van der Waals surface area (Å²) in [7, 11) is 2.88. The van der Waals surface area contributed by atoms with E-state index in [9.17, 15) is 9.90 Å². The van der Waals surface area contributed by atoms with Crippen LogP contribution in [0.2, 0.25) is 0 Å². The molecule has 14 heavy (non-hydrogen) atoms. The lowest BCUT2D eigenvalue weighted by atomic mass is 10.3. The molecule has 0 spiro atoms. The van der Waals surface area contributed by atoms with Crippen molar-refractivity contribution >= 4 is 5.97 Å². The summed E-state index contributed by atoms with van der Waals surface area (Å²) in [6, 6.07) is 0. The Bertz CT molecular complexity index is 163. The first-order chi connectivity index (χ1) is 6.63. The van der Waals surface area contributed by atoms with Gasteiger partial charge >= 0.3 is 5.97 Å². The van der Waals surface area contributed by atoms with Gasteiger partial charge in [0.1, 0.15) is 0 Å². The highest BCUT2D eigenvalue weighted by molar-refractivity contribution is 5.71. The minimum absolute atomic E-state index is 0.202. The zero-order valence-electron chi connectivity index (χ0n) is 9.02. The molecule has 0 amide bonds. The van der Waals surface area contributed by atoms with Crippen LogP contribution < -0.4 is 0 Å². The Balaban J connectivity index is 3.83. The van der Waals surface area contributed by atoms with E-state index in [-0.39, 0.29) is 19.1 Å². The number of hydrogen-bond donors (Lipinski definition) is 1. The molecule has 0 saturated heterocycles. The minimum Gasteiger partial charge on any atom is -0.468 e. The third-order valence-electron chi connectivity index (χ3n) is 1.86. The molecule has 84 valence electrons. The van der Waals surface area contributed by atoms with E-state index in [4.69, 9.17) is 4.74 Å². The Kier molecular flexibility index (Phi) is 7.37. The lowest BCUT2D eigenvalue weighted by molar-refractivity contribution is -0.142. The maximum Gasteiger partial charge on any atom is 0.319 e. The average molecular weight is 205 g/mol. The van der Waals surface area contributed by atoms with Crippen LogP contribution >= 0.6 is 0 Å². The van der Waals surface area contributed by atoms with Gasteiger partial charge in [-0.1, -0.05) is 6.92 Å². The zero-order valence-corrected chi connectivity index (χ0v) is 9.02. The van der Waals surface area contributed by atoms with Gasteiger partial charge in [0.15, 0.2) is 0 Å². The number of carbonyl (C=O) groups excluding carboxylic acids is 1. The lowest BCUT2D eigenvalue weighted by Crippen LogP contribution is -2.38. The molecule has 0 fully saturated rings. The quantitative estimate of drug-likeness (QED) is 0.567. The number of likely N-dealkylation sites (N-methyl/N-ethyl adjacent to an activating group) is 1. The lowest BCUT2D eigenvalue weighted by Gasteiger charge is -2.21. The van der Waals surface area contributed by atoms with E-state index in [1.807, 2.05) is 6.92 Å². The summed E-state index contributed by atoms with van der Waals surface area (Å²) in [5.41, 5.74) is 0. The van der Waals surface area contributed by atoms with E-state index in [0.29, 0.717) is 13.1 Å². The average Bonchev–Trinajstić information content (AvgIpc) is 2.16. The summed E-state index contributed by atoms with van der Waals surface area (Å²) in [6.07, 6.45) is -0.565. The van der Waals surface area contributed by atoms with Crippen molar-refractivity contribution in [1.82, 2.24) is 4.90 Å². The molecule has 0 radical (unpaired) electrons. The van der Waals surface area contributed by atoms with Crippen molar-refractivity contribution in [2.24, 2.45) is 0 Å². The van der Waals surface area contributed by atoms with Crippen LogP contribution in [0.3, 0.4) is 0 Å². The Morgan fingerprint density at radius 1 is 1.50 bits per heavy atom. The Morgan fingerprint density at radius 2 is 2.14 bits per heavy atom. The van der Waals surface area contributed by atoms with Crippen molar-refractivity contribution in [3.8, 4) is 0 Å². The van der Waals surface area contributed by atoms with Crippen molar-refractivity contribution in [3.05, 3.63) is 0 Å². The fraction of sp³-hybridized carbons (Fsp3) is 0.889. The Labute approximate surface area is 84.6 Å². The van der Waals surface area contributed by atoms with Crippen LogP contribution in [0.5, 0.6) is 0 Å². The molecular weight excluding hydrogens is 186 g/mol. The van der Waals surface area contributed by atoms with Crippen LogP contribution in [-0.4, -0.2) is 62.5 Å². The summed E-state index contributed by atoms with van der Waals surface area (Å²) < 4.78 is 9.32. The molecule has 0 aliphatic rings. The molecule has 0 aromatic carbocycles. The number of methoxy groups -OCH3 is 2. The standard InChI is InChI=1S/C9H19NO4/c1-4-10(6-9(12)14-3)5-8(11)7-13-2/h8,11H,4-7H2,1-3H3. The van der Waals surface area contributed by atoms with Gasteiger partial charge in [0.2, 0.25) is 0 Å². The number of hydrogen-bond acceptors (Lipinski definition) is 5. The topological polar surface area (TPSA) is 59.0 Å². The Morgan fingerprint density at radius 3 is 2.57 bits per heavy atom. The molecule has 0 bridgehead atoms. The maximum absolute atomic E-state index is 10.9. The number of rotatable bonds is 7. The number of nitrogens with zero attached hydrogens (tertiary/aromatic N) is 1. The summed E-state index contributed by atoms with van der Waals surface area (Å²) in [5, 5.41) is 9.42. The highest BCUT2D eigenvalue weighted by Crippen LogP contribution is 1.94. The van der Waals surface area contributed by atoms with Crippen molar-refractivity contribution in [3.63, 3.8) is 0 Å². The summed E-state index contributed by atoms with van der Waals surface area (Å²) in [5.74, 6) is -0.295. The van der Waals surface area contributed by atoms with E-state index in [0.717, 1.165) is 0 Å². The molecule has 0 aromatic heterocycles. The van der Waals surface area contributed by atoms with Gasteiger partial charge in [-0.3, -0.25) is 9.69 Å². The largest absolute Gasteiger partial charge is 0.468 e. The summed E-state index contributed by atoms with van der Waals surface area (Å²) in [4.78, 5) is 12.7. The first-order valence-corrected chi connectivity index (χ1v) is 4.60. The Hall–Kier alpha value is -0.650. The van der Waals surface area contributed by atoms with Crippen molar-refractivity contribution < 1.29 is 19.4 Å². The van der Waals surface area contributed by atoms with Crippen molar-refractivity contribution in [1.29, 1.82) is 0 Å². The molecule has 1 atom stereocenters. The predicted octanol–water partition coefficient (Wildman–Crippen LogP) is -0.511. The van der Waals surface area contributed by atoms with Crippen LogP contribution in [-0.2, 0) is 14.3 Å². The monoisotopic (exact) mass is 205 g/mol. The highest BCUT2D eigenvalue weighted by atomic mass is 16.5. The maximum atomic E-state index is 10.9. The van der Waals surface area contributed by atoms with Crippen molar-refractivity contribution in [2.75, 3.05) is 40.5 Å². The van der Waals surface area contributed by atoms with Gasteiger partial charge in [-0.05, 0) is 6.54 Å². The highest BCUT2D eigenvalue weighted by Gasteiger charge is 2.13. The third-order valence-corrected chi connectivity index (χ3v) is 1.86. The predicted molar refractivity (Wildman–Crippen MR) is 52.0 cm³/mol. The van der Waals surface area contributed by atoms with E-state index in [1.165, 1.54) is 14.2 Å². The number of ether oxygens (including phenoxy) is 2. The number of esters is 1. The van der Waals surface area contributed by atoms with E-state index < -0.39 is 6.10 Å². The van der Waals surface area contributed by atoms with E-state index in [1.54, 1.807) is 4.90 Å². The molecule has 5 heteroatoms. The molecule has 0 rings (SSSR count). The van der Waals surface area contributed by atoms with Crippen LogP contribution in [0.1, 0.15) is 6.92 Å². The van der Waals surface area contributed by atoms with Gasteiger partial charge in [-0.15, -0.1) is 0 Å². The smallest absolute Gasteiger partial charge is 0.319 e. The van der Waals surface area contributed by atoms with Crippen LogP contribution in [0.15, 0.2) is 0 Å². The number of carbonyl (C=O) groups is 1. The fourth-order valence-corrected chi connectivity index (χ4v) is 1.10. The third kappa shape index (κ3) is 5.90. The summed E-state index contributed by atoms with van der Waals surface area (Å²) >= 11 is 0. The van der Waals surface area contributed by atoms with Crippen LogP contribution in [0, 0.1) is 0 Å². The van der Waals surface area contributed by atoms with Gasteiger partial charge in [0, 0.05) is 13.7 Å². The molecule has 0 aliphatic heterocycles. The van der Waals surface area contributed by atoms with Gasteiger partial charge in [0.05, 0.1) is 26.4 Å². The number of aliphatic hydroxyl groups is 1. The van der Waals surface area contributed by atoms with Gasteiger partial charge in [-0.25, -0.2) is 0 Å². The van der Waals surface area contributed by atoms with Gasteiger partial charge < -0.3 is 14.6 Å². The van der Waals surface area contributed by atoms with E-state index >= 15 is 0 Å². The second-order valence-corrected chi connectivity index (χ2v) is 3.01. The molecule has 0 aliphatic carbocycles. The van der Waals surface area contributed by atoms with Crippen molar-refractivity contribution in [2.45, 2.75) is 13.0 Å². The molecule has 0 heterocycles. The zero-order chi connectivity index (χ0) is 11.0. The molecule has 1 N–H and O–H groups in total. The van der Waals surface area contributed by atoms with E-state index in [2.05, 4.69) is 4.74 Å². The first-order valence-electron chi connectivity index (χ1n) is 4.60. The van der Waals surface area contributed by atoms with Crippen LogP contribution in [0.25, 0.3) is 0 Å². The molecule has 0 aromatic rings. The molecule has 0 saturated carbocycles. The van der Waals surface area contributed by atoms with Crippen LogP contribution in [0.4, 0.5) is 0 Å². The first kappa shape index (κ1) is 13.4. The fourth-order valence-electron chi connectivity index (χ4n) is 1.10. The molecule has 5 nitrogen and oxygen atoms in total. The number of aliphatic hydroxyl groups excluding tert-OH is 1. The normalized spacial score (nSPS) is 12.9. The summed E-state index contributed by atoms with van der Waals surface area (Å²) in [6.45, 7) is 3.50. The second-order valence-electron chi connectivity index (χ2n) is 3.01. The SMILES string of the molecule is CCN(CC(=O)OC)CC(O)COC.